The van der Waals surface area contributed by atoms with E-state index in [9.17, 15) is 14.9 Å². The van der Waals surface area contributed by atoms with Gasteiger partial charge in [-0.15, -0.1) is 0 Å². The van der Waals surface area contributed by atoms with Gasteiger partial charge in [-0.05, 0) is 50.1 Å². The number of pyridine rings is 2. The van der Waals surface area contributed by atoms with Crippen LogP contribution in [-0.4, -0.2) is 14.0 Å². The molecule has 6 heteroatoms. The van der Waals surface area contributed by atoms with Gasteiger partial charge in [0.15, 0.2) is 5.65 Å². The molecule has 0 amide bonds. The summed E-state index contributed by atoms with van der Waals surface area (Å²) < 4.78 is 2.81. The van der Waals surface area contributed by atoms with Crippen LogP contribution in [0.1, 0.15) is 22.3 Å². The molecule has 6 nitrogen and oxygen atoms in total. The second kappa shape index (κ2) is 5.92. The van der Waals surface area contributed by atoms with Gasteiger partial charge in [0.25, 0.3) is 11.1 Å². The second-order valence-electron chi connectivity index (χ2n) is 6.69. The first-order valence-corrected chi connectivity index (χ1v) is 8.47. The van der Waals surface area contributed by atoms with Crippen molar-refractivity contribution < 1.29 is 0 Å². The molecule has 0 saturated heterocycles. The number of nitriles is 1. The summed E-state index contributed by atoms with van der Waals surface area (Å²) in [4.78, 5) is 30.6. The van der Waals surface area contributed by atoms with Crippen molar-refractivity contribution in [3.8, 4) is 11.8 Å². The molecule has 0 spiro atoms. The van der Waals surface area contributed by atoms with Gasteiger partial charge in [0.05, 0.1) is 11.1 Å². The minimum absolute atomic E-state index is 0.0889. The highest BCUT2D eigenvalue weighted by Crippen LogP contribution is 2.19. The van der Waals surface area contributed by atoms with Gasteiger partial charge in [0.1, 0.15) is 17.3 Å². The van der Waals surface area contributed by atoms with Crippen molar-refractivity contribution in [3.63, 3.8) is 0 Å². The lowest BCUT2D eigenvalue weighted by Crippen LogP contribution is -2.26. The van der Waals surface area contributed by atoms with E-state index >= 15 is 0 Å². The van der Waals surface area contributed by atoms with Crippen LogP contribution in [0.3, 0.4) is 0 Å². The standard InChI is InChI=1S/C21H16N4O2/c1-12-4-6-17(14(3)8-12)25-19-16(9-15(10-22)20(25)26)21(27)24-11-13(2)5-7-18(24)23-19/h4-9,11H,1-3H3. The van der Waals surface area contributed by atoms with E-state index in [0.29, 0.717) is 11.3 Å². The average molecular weight is 356 g/mol. The lowest BCUT2D eigenvalue weighted by atomic mass is 10.1. The molecule has 27 heavy (non-hydrogen) atoms. The lowest BCUT2D eigenvalue weighted by molar-refractivity contribution is 0.971. The summed E-state index contributed by atoms with van der Waals surface area (Å²) in [5.41, 5.74) is 3.24. The van der Waals surface area contributed by atoms with Crippen molar-refractivity contribution in [1.82, 2.24) is 14.0 Å². The van der Waals surface area contributed by atoms with Crippen LogP contribution in [0.2, 0.25) is 0 Å². The van der Waals surface area contributed by atoms with E-state index in [-0.39, 0.29) is 22.2 Å². The summed E-state index contributed by atoms with van der Waals surface area (Å²) in [6, 6.07) is 12.5. The highest BCUT2D eigenvalue weighted by atomic mass is 16.1. The number of hydrogen-bond donors (Lipinski definition) is 0. The molecule has 0 saturated carbocycles. The average Bonchev–Trinajstić information content (AvgIpc) is 2.63. The fourth-order valence-electron chi connectivity index (χ4n) is 3.33. The van der Waals surface area contributed by atoms with Crippen molar-refractivity contribution in [2.75, 3.05) is 0 Å². The largest absolute Gasteiger partial charge is 0.274 e. The van der Waals surface area contributed by atoms with Gasteiger partial charge in [-0.1, -0.05) is 23.8 Å². The fraction of sp³-hybridized carbons (Fsp3) is 0.143. The molecule has 3 heterocycles. The Morgan fingerprint density at radius 3 is 2.41 bits per heavy atom. The Kier molecular flexibility index (Phi) is 3.67. The maximum Gasteiger partial charge on any atom is 0.274 e. The van der Waals surface area contributed by atoms with E-state index in [0.717, 1.165) is 16.7 Å². The molecule has 0 unspecified atom stereocenters. The third-order valence-electron chi connectivity index (χ3n) is 4.63. The normalized spacial score (nSPS) is 11.0. The molecule has 132 valence electrons. The number of rotatable bonds is 1. The van der Waals surface area contributed by atoms with Crippen molar-refractivity contribution >= 4 is 16.7 Å². The number of benzene rings is 1. The number of aryl methyl sites for hydroxylation is 3. The molecule has 0 aliphatic heterocycles. The Balaban J connectivity index is 2.27. The minimum atomic E-state index is -0.486. The first-order chi connectivity index (χ1) is 12.9. The van der Waals surface area contributed by atoms with Crippen LogP contribution >= 0.6 is 0 Å². The molecular formula is C21H16N4O2. The maximum absolute atomic E-state index is 13.0. The van der Waals surface area contributed by atoms with E-state index in [1.807, 2.05) is 51.1 Å². The molecule has 0 aliphatic carbocycles. The molecule has 1 aromatic carbocycles. The summed E-state index contributed by atoms with van der Waals surface area (Å²) in [6.07, 6.45) is 1.70. The molecule has 0 aliphatic rings. The summed E-state index contributed by atoms with van der Waals surface area (Å²) in [7, 11) is 0. The highest BCUT2D eigenvalue weighted by molar-refractivity contribution is 5.80. The lowest BCUT2D eigenvalue weighted by Gasteiger charge is -2.14. The van der Waals surface area contributed by atoms with Gasteiger partial charge in [0.2, 0.25) is 0 Å². The topological polar surface area (TPSA) is 80.2 Å². The van der Waals surface area contributed by atoms with E-state index in [2.05, 4.69) is 4.98 Å². The van der Waals surface area contributed by atoms with Gasteiger partial charge in [0, 0.05) is 6.20 Å². The SMILES string of the molecule is Cc1ccc(-n2c(=O)c(C#N)cc3c(=O)n4cc(C)ccc4nc32)c(C)c1. The molecule has 3 aromatic heterocycles. The Morgan fingerprint density at radius 2 is 1.70 bits per heavy atom. The Bertz CT molecular complexity index is 1400. The van der Waals surface area contributed by atoms with Crippen LogP contribution < -0.4 is 11.1 Å². The van der Waals surface area contributed by atoms with Crippen molar-refractivity contribution in [3.05, 3.63) is 85.6 Å². The summed E-state index contributed by atoms with van der Waals surface area (Å²) in [5.74, 6) is 0. The molecule has 4 aromatic rings. The van der Waals surface area contributed by atoms with E-state index in [1.54, 1.807) is 12.3 Å². The second-order valence-corrected chi connectivity index (χ2v) is 6.69. The molecule has 0 atom stereocenters. The zero-order chi connectivity index (χ0) is 19.3. The van der Waals surface area contributed by atoms with Gasteiger partial charge in [-0.25, -0.2) is 4.98 Å². The predicted octanol–water partition coefficient (Wildman–Crippen LogP) is 2.80. The number of hydrogen-bond acceptors (Lipinski definition) is 4. The van der Waals surface area contributed by atoms with E-state index in [4.69, 9.17) is 0 Å². The Hall–Kier alpha value is -3.72. The monoisotopic (exact) mass is 356 g/mol. The maximum atomic E-state index is 13.0. The third kappa shape index (κ3) is 2.52. The van der Waals surface area contributed by atoms with Crippen molar-refractivity contribution in [2.24, 2.45) is 0 Å². The van der Waals surface area contributed by atoms with Gasteiger partial charge < -0.3 is 0 Å². The van der Waals surface area contributed by atoms with Crippen LogP contribution in [-0.2, 0) is 0 Å². The number of fused-ring (bicyclic) bond motifs is 2. The smallest absolute Gasteiger partial charge is 0.268 e. The van der Waals surface area contributed by atoms with Crippen LogP contribution in [0.5, 0.6) is 0 Å². The molecule has 0 bridgehead atoms. The number of aromatic nitrogens is 3. The van der Waals surface area contributed by atoms with Gasteiger partial charge >= 0.3 is 0 Å². The fourth-order valence-corrected chi connectivity index (χ4v) is 3.33. The van der Waals surface area contributed by atoms with Crippen LogP contribution in [0.15, 0.2) is 52.2 Å². The quantitative estimate of drug-likeness (QED) is 0.491. The molecular weight excluding hydrogens is 340 g/mol. The molecule has 4 rings (SSSR count). The first-order valence-electron chi connectivity index (χ1n) is 8.47. The van der Waals surface area contributed by atoms with Crippen LogP contribution in [0, 0.1) is 32.1 Å². The summed E-state index contributed by atoms with van der Waals surface area (Å²) in [5, 5.41) is 9.65. The molecule has 0 fully saturated rings. The predicted molar refractivity (Wildman–Crippen MR) is 103 cm³/mol. The van der Waals surface area contributed by atoms with Gasteiger partial charge in [-0.3, -0.25) is 18.6 Å². The van der Waals surface area contributed by atoms with Gasteiger partial charge in [-0.2, -0.15) is 5.26 Å². The zero-order valence-electron chi connectivity index (χ0n) is 15.1. The Morgan fingerprint density at radius 1 is 0.963 bits per heavy atom. The third-order valence-corrected chi connectivity index (χ3v) is 4.63. The summed E-state index contributed by atoms with van der Waals surface area (Å²) >= 11 is 0. The van der Waals surface area contributed by atoms with Crippen LogP contribution in [0.4, 0.5) is 0 Å². The van der Waals surface area contributed by atoms with Crippen LogP contribution in [0.25, 0.3) is 22.4 Å². The minimum Gasteiger partial charge on any atom is -0.268 e. The zero-order valence-corrected chi connectivity index (χ0v) is 15.1. The van der Waals surface area contributed by atoms with Crippen molar-refractivity contribution in [2.45, 2.75) is 20.8 Å². The van der Waals surface area contributed by atoms with E-state index in [1.165, 1.54) is 15.0 Å². The molecule has 0 N–H and O–H groups in total. The highest BCUT2D eigenvalue weighted by Gasteiger charge is 2.17. The van der Waals surface area contributed by atoms with E-state index < -0.39 is 5.56 Å². The number of nitrogens with zero attached hydrogens (tertiary/aromatic N) is 4. The first kappa shape index (κ1) is 16.7. The van der Waals surface area contributed by atoms with Crippen molar-refractivity contribution in [1.29, 1.82) is 5.26 Å². The Labute approximate surface area is 154 Å². The molecule has 0 radical (unpaired) electrons. The summed E-state index contributed by atoms with van der Waals surface area (Å²) in [6.45, 7) is 5.73.